The molecule has 128 valence electrons. The second kappa shape index (κ2) is 5.70. The zero-order valence-electron chi connectivity index (χ0n) is 12.8. The molecule has 2 aliphatic heterocycles. The van der Waals surface area contributed by atoms with Crippen molar-refractivity contribution in [2.45, 2.75) is 25.1 Å². The van der Waals surface area contributed by atoms with Gasteiger partial charge in [0.05, 0.1) is 0 Å². The van der Waals surface area contributed by atoms with Crippen molar-refractivity contribution in [2.75, 3.05) is 19.6 Å². The summed E-state index contributed by atoms with van der Waals surface area (Å²) < 4.78 is 38.8. The highest BCUT2D eigenvalue weighted by molar-refractivity contribution is 7.19. The zero-order chi connectivity index (χ0) is 16.9. The molecule has 2 bridgehead atoms. The smallest absolute Gasteiger partial charge is 0.347 e. The number of alkyl halides is 3. The highest BCUT2D eigenvalue weighted by Gasteiger charge is 2.34. The SMILES string of the molecule is O=C(N[C@@H]1C[C@H]2CCN(C2)C1)c1cc2sc(C(F)(F)F)cc2cn1. The molecule has 1 N–H and O–H groups in total. The molecule has 0 aromatic carbocycles. The second-order valence-electron chi connectivity index (χ2n) is 6.54. The minimum Gasteiger partial charge on any atom is -0.347 e. The van der Waals surface area contributed by atoms with Crippen LogP contribution in [0.4, 0.5) is 13.2 Å². The maximum Gasteiger partial charge on any atom is 0.425 e. The van der Waals surface area contributed by atoms with E-state index >= 15 is 0 Å². The number of nitrogens with zero attached hydrogens (tertiary/aromatic N) is 2. The van der Waals surface area contributed by atoms with Gasteiger partial charge in [0.25, 0.3) is 5.91 Å². The van der Waals surface area contributed by atoms with Crippen molar-refractivity contribution < 1.29 is 18.0 Å². The summed E-state index contributed by atoms with van der Waals surface area (Å²) in [6.45, 7) is 3.02. The number of carbonyl (C=O) groups excluding carboxylic acids is 1. The molecular formula is C16H16F3N3OS. The van der Waals surface area contributed by atoms with Gasteiger partial charge in [0.1, 0.15) is 10.6 Å². The van der Waals surface area contributed by atoms with Gasteiger partial charge in [-0.05, 0) is 37.4 Å². The Labute approximate surface area is 140 Å². The Morgan fingerprint density at radius 1 is 1.33 bits per heavy atom. The van der Waals surface area contributed by atoms with E-state index in [0.717, 1.165) is 32.1 Å². The highest BCUT2D eigenvalue weighted by atomic mass is 32.1. The lowest BCUT2D eigenvalue weighted by atomic mass is 9.97. The fraction of sp³-hybridized carbons (Fsp3) is 0.500. The Morgan fingerprint density at radius 3 is 2.92 bits per heavy atom. The van der Waals surface area contributed by atoms with E-state index < -0.39 is 11.1 Å². The first-order valence-electron chi connectivity index (χ1n) is 7.88. The summed E-state index contributed by atoms with van der Waals surface area (Å²) in [5.41, 5.74) is 0.172. The summed E-state index contributed by atoms with van der Waals surface area (Å²) in [4.78, 5) is 18.1. The molecule has 4 rings (SSSR count). The fourth-order valence-electron chi connectivity index (χ4n) is 3.62. The molecule has 24 heavy (non-hydrogen) atoms. The van der Waals surface area contributed by atoms with Gasteiger partial charge >= 0.3 is 6.18 Å². The number of fused-ring (bicyclic) bond motifs is 3. The first kappa shape index (κ1) is 15.8. The van der Waals surface area contributed by atoms with Crippen LogP contribution in [0.25, 0.3) is 10.1 Å². The van der Waals surface area contributed by atoms with Crippen LogP contribution in [0.3, 0.4) is 0 Å². The first-order valence-corrected chi connectivity index (χ1v) is 8.70. The number of pyridine rings is 1. The molecule has 2 aliphatic rings. The number of thiophene rings is 1. The standard InChI is InChI=1S/C16H16F3N3OS/c17-16(18,19)14-4-10-6-20-12(5-13(10)24-14)15(23)21-11-3-9-1-2-22(7-9)8-11/h4-6,9,11H,1-3,7-8H2,(H,21,23)/t9-,11-/m1/s1. The molecule has 2 saturated heterocycles. The maximum atomic E-state index is 12.8. The van der Waals surface area contributed by atoms with Crippen LogP contribution in [0.2, 0.25) is 0 Å². The third kappa shape index (κ3) is 3.00. The van der Waals surface area contributed by atoms with E-state index in [2.05, 4.69) is 15.2 Å². The monoisotopic (exact) mass is 355 g/mol. The average Bonchev–Trinajstić information content (AvgIpc) is 3.09. The number of amides is 1. The molecule has 2 fully saturated rings. The van der Waals surface area contributed by atoms with E-state index in [9.17, 15) is 18.0 Å². The number of hydrogen-bond donors (Lipinski definition) is 1. The molecule has 0 spiro atoms. The Hall–Kier alpha value is -1.67. The van der Waals surface area contributed by atoms with Crippen LogP contribution in [0, 0.1) is 5.92 Å². The molecule has 0 saturated carbocycles. The van der Waals surface area contributed by atoms with Crippen molar-refractivity contribution in [3.63, 3.8) is 0 Å². The third-order valence-corrected chi connectivity index (χ3v) is 5.86. The van der Waals surface area contributed by atoms with Gasteiger partial charge in [-0.25, -0.2) is 0 Å². The number of carbonyl (C=O) groups is 1. The lowest BCUT2D eigenvalue weighted by Crippen LogP contribution is -2.47. The van der Waals surface area contributed by atoms with E-state index in [1.54, 1.807) is 0 Å². The Morgan fingerprint density at radius 2 is 2.17 bits per heavy atom. The van der Waals surface area contributed by atoms with Crippen LogP contribution in [0.5, 0.6) is 0 Å². The van der Waals surface area contributed by atoms with Crippen LogP contribution in [0.15, 0.2) is 18.3 Å². The summed E-state index contributed by atoms with van der Waals surface area (Å²) in [6.07, 6.45) is -0.903. The Balaban J connectivity index is 1.52. The zero-order valence-corrected chi connectivity index (χ0v) is 13.6. The molecule has 2 aromatic heterocycles. The van der Waals surface area contributed by atoms with Gasteiger partial charge in [-0.1, -0.05) is 0 Å². The molecule has 8 heteroatoms. The van der Waals surface area contributed by atoms with Gasteiger partial charge in [-0.3, -0.25) is 9.78 Å². The lowest BCUT2D eigenvalue weighted by Gasteiger charge is -2.30. The normalized spacial score (nSPS) is 26.7. The predicted molar refractivity (Wildman–Crippen MR) is 85.0 cm³/mol. The van der Waals surface area contributed by atoms with Gasteiger partial charge < -0.3 is 10.2 Å². The number of rotatable bonds is 2. The van der Waals surface area contributed by atoms with E-state index in [0.29, 0.717) is 27.3 Å². The summed E-state index contributed by atoms with van der Waals surface area (Å²) in [7, 11) is 0. The highest BCUT2D eigenvalue weighted by Crippen LogP contribution is 2.38. The third-order valence-electron chi connectivity index (χ3n) is 4.72. The number of hydrogen-bond acceptors (Lipinski definition) is 4. The van der Waals surface area contributed by atoms with Crippen molar-refractivity contribution in [2.24, 2.45) is 5.92 Å². The summed E-state index contributed by atoms with van der Waals surface area (Å²) in [5.74, 6) is 0.317. The largest absolute Gasteiger partial charge is 0.425 e. The van der Waals surface area contributed by atoms with Crippen LogP contribution in [-0.2, 0) is 6.18 Å². The summed E-state index contributed by atoms with van der Waals surface area (Å²) in [6, 6.07) is 2.61. The van der Waals surface area contributed by atoms with Crippen LogP contribution in [-0.4, -0.2) is 41.5 Å². The Bertz CT molecular complexity index is 776. The number of nitrogens with one attached hydrogen (secondary N) is 1. The van der Waals surface area contributed by atoms with Crippen molar-refractivity contribution in [1.29, 1.82) is 0 Å². The van der Waals surface area contributed by atoms with E-state index in [1.807, 2.05) is 0 Å². The van der Waals surface area contributed by atoms with E-state index in [1.165, 1.54) is 18.7 Å². The summed E-state index contributed by atoms with van der Waals surface area (Å²) in [5, 5.41) is 3.39. The van der Waals surface area contributed by atoms with Crippen molar-refractivity contribution in [1.82, 2.24) is 15.2 Å². The first-order chi connectivity index (χ1) is 11.4. The topological polar surface area (TPSA) is 45.2 Å². The molecule has 3 atom stereocenters. The molecule has 0 radical (unpaired) electrons. The van der Waals surface area contributed by atoms with Gasteiger partial charge in [-0.2, -0.15) is 13.2 Å². The van der Waals surface area contributed by atoms with Crippen molar-refractivity contribution in [3.05, 3.63) is 28.9 Å². The molecule has 1 amide bonds. The van der Waals surface area contributed by atoms with Crippen LogP contribution >= 0.6 is 11.3 Å². The van der Waals surface area contributed by atoms with Crippen molar-refractivity contribution in [3.8, 4) is 0 Å². The van der Waals surface area contributed by atoms with Gasteiger partial charge in [0.15, 0.2) is 0 Å². The molecule has 1 unspecified atom stereocenters. The van der Waals surface area contributed by atoms with E-state index in [4.69, 9.17) is 0 Å². The molecule has 2 aromatic rings. The summed E-state index contributed by atoms with van der Waals surface area (Å²) >= 11 is 0.639. The second-order valence-corrected chi connectivity index (χ2v) is 7.62. The van der Waals surface area contributed by atoms with Crippen LogP contribution in [0.1, 0.15) is 28.2 Å². The maximum absolute atomic E-state index is 12.8. The van der Waals surface area contributed by atoms with Crippen LogP contribution < -0.4 is 5.32 Å². The average molecular weight is 355 g/mol. The minimum atomic E-state index is -4.37. The lowest BCUT2D eigenvalue weighted by molar-refractivity contribution is -0.134. The molecule has 4 nitrogen and oxygen atoms in total. The fourth-order valence-corrected chi connectivity index (χ4v) is 4.56. The van der Waals surface area contributed by atoms with E-state index in [-0.39, 0.29) is 17.6 Å². The number of piperidine rings is 1. The van der Waals surface area contributed by atoms with Gasteiger partial charge in [0, 0.05) is 35.4 Å². The van der Waals surface area contributed by atoms with Crippen molar-refractivity contribution >= 4 is 27.3 Å². The predicted octanol–water partition coefficient (Wildman–Crippen LogP) is 3.14. The van der Waals surface area contributed by atoms with Gasteiger partial charge in [-0.15, -0.1) is 11.3 Å². The molecule has 4 heterocycles. The Kier molecular flexibility index (Phi) is 3.76. The quantitative estimate of drug-likeness (QED) is 0.900. The number of aromatic nitrogens is 1. The number of halogens is 3. The molecule has 0 aliphatic carbocycles. The van der Waals surface area contributed by atoms with Gasteiger partial charge in [0.2, 0.25) is 0 Å². The minimum absolute atomic E-state index is 0.0883. The molecular weight excluding hydrogens is 339 g/mol.